The highest BCUT2D eigenvalue weighted by molar-refractivity contribution is 5.94. The minimum Gasteiger partial charge on any atom is -0.464 e. The van der Waals surface area contributed by atoms with E-state index in [1.807, 2.05) is 6.92 Å². The molecule has 0 fully saturated rings. The van der Waals surface area contributed by atoms with Gasteiger partial charge in [0.05, 0.1) is 18.7 Å². The summed E-state index contributed by atoms with van der Waals surface area (Å²) in [5.41, 5.74) is 2.60. The molecule has 1 aromatic rings. The Morgan fingerprint density at radius 2 is 2.26 bits per heavy atom. The van der Waals surface area contributed by atoms with E-state index < -0.39 is 0 Å². The number of carbonyl (C=O) groups excluding carboxylic acids is 1. The number of hydrogen-bond donors (Lipinski definition) is 2. The Kier molecular flexibility index (Phi) is 6.55. The molecule has 0 aliphatic heterocycles. The van der Waals surface area contributed by atoms with Gasteiger partial charge in [0.1, 0.15) is 11.5 Å². The van der Waals surface area contributed by atoms with Crippen molar-refractivity contribution in [2.24, 2.45) is 5.84 Å². The van der Waals surface area contributed by atoms with Crippen molar-refractivity contribution < 1.29 is 13.9 Å². The Labute approximate surface area is 113 Å². The maximum absolute atomic E-state index is 11.5. The standard InChI is InChI=1S/C13H23N3O3/c1-4-16(6-7-18-5-2)9-11-8-12(10(3)19-11)13(17)15-14/h8H,4-7,9,14H2,1-3H3,(H,15,17). The fraction of sp³-hybridized carbons (Fsp3) is 0.615. The van der Waals surface area contributed by atoms with Crippen LogP contribution in [-0.2, 0) is 11.3 Å². The number of amides is 1. The average Bonchev–Trinajstić information content (AvgIpc) is 2.77. The van der Waals surface area contributed by atoms with Gasteiger partial charge in [0.2, 0.25) is 0 Å². The van der Waals surface area contributed by atoms with Gasteiger partial charge in [-0.3, -0.25) is 15.1 Å². The number of hydrazine groups is 1. The van der Waals surface area contributed by atoms with Crippen LogP contribution in [0.5, 0.6) is 0 Å². The molecule has 0 aliphatic rings. The smallest absolute Gasteiger partial charge is 0.268 e. The van der Waals surface area contributed by atoms with Crippen LogP contribution in [0.2, 0.25) is 0 Å². The second-order valence-electron chi connectivity index (χ2n) is 4.22. The summed E-state index contributed by atoms with van der Waals surface area (Å²) >= 11 is 0. The largest absolute Gasteiger partial charge is 0.464 e. The molecule has 0 aromatic carbocycles. The van der Waals surface area contributed by atoms with Crippen LogP contribution < -0.4 is 11.3 Å². The van der Waals surface area contributed by atoms with Crippen molar-refractivity contribution in [2.45, 2.75) is 27.3 Å². The molecule has 6 nitrogen and oxygen atoms in total. The van der Waals surface area contributed by atoms with Crippen LogP contribution >= 0.6 is 0 Å². The van der Waals surface area contributed by atoms with Gasteiger partial charge in [-0.1, -0.05) is 6.92 Å². The second kappa shape index (κ2) is 7.93. The highest BCUT2D eigenvalue weighted by Gasteiger charge is 2.15. The summed E-state index contributed by atoms with van der Waals surface area (Å²) < 4.78 is 10.9. The normalized spacial score (nSPS) is 11.0. The first-order valence-electron chi connectivity index (χ1n) is 6.52. The number of aryl methyl sites for hydroxylation is 1. The summed E-state index contributed by atoms with van der Waals surface area (Å²) in [7, 11) is 0. The van der Waals surface area contributed by atoms with Gasteiger partial charge in [-0.2, -0.15) is 0 Å². The van der Waals surface area contributed by atoms with Crippen LogP contribution in [0.1, 0.15) is 35.7 Å². The van der Waals surface area contributed by atoms with Gasteiger partial charge < -0.3 is 9.15 Å². The summed E-state index contributed by atoms with van der Waals surface area (Å²) in [5.74, 6) is 6.13. The van der Waals surface area contributed by atoms with Crippen molar-refractivity contribution in [1.29, 1.82) is 0 Å². The minimum absolute atomic E-state index is 0.329. The van der Waals surface area contributed by atoms with Crippen molar-refractivity contribution in [3.8, 4) is 0 Å². The molecular formula is C13H23N3O3. The van der Waals surface area contributed by atoms with Gasteiger partial charge in [0.15, 0.2) is 0 Å². The summed E-state index contributed by atoms with van der Waals surface area (Å²) in [5, 5.41) is 0. The van der Waals surface area contributed by atoms with E-state index in [9.17, 15) is 4.79 Å². The Bertz CT molecular complexity index is 404. The summed E-state index contributed by atoms with van der Waals surface area (Å²) in [6, 6.07) is 1.74. The fourth-order valence-electron chi connectivity index (χ4n) is 1.83. The van der Waals surface area contributed by atoms with E-state index in [0.29, 0.717) is 24.5 Å². The van der Waals surface area contributed by atoms with E-state index in [-0.39, 0.29) is 5.91 Å². The van der Waals surface area contributed by atoms with Crippen LogP contribution in [-0.4, -0.2) is 37.1 Å². The predicted molar refractivity (Wildman–Crippen MR) is 72.5 cm³/mol. The molecule has 6 heteroatoms. The zero-order chi connectivity index (χ0) is 14.3. The number of nitrogen functional groups attached to an aromatic ring is 1. The Balaban J connectivity index is 2.62. The van der Waals surface area contributed by atoms with Crippen molar-refractivity contribution in [2.75, 3.05) is 26.3 Å². The van der Waals surface area contributed by atoms with Gasteiger partial charge in [0.25, 0.3) is 5.91 Å². The highest BCUT2D eigenvalue weighted by Crippen LogP contribution is 2.16. The van der Waals surface area contributed by atoms with E-state index in [0.717, 1.165) is 25.5 Å². The maximum atomic E-state index is 11.5. The molecule has 0 radical (unpaired) electrons. The monoisotopic (exact) mass is 269 g/mol. The van der Waals surface area contributed by atoms with E-state index >= 15 is 0 Å². The molecule has 19 heavy (non-hydrogen) atoms. The molecule has 1 heterocycles. The molecule has 1 aromatic heterocycles. The molecule has 0 saturated carbocycles. The van der Waals surface area contributed by atoms with Crippen LogP contribution in [0, 0.1) is 6.92 Å². The van der Waals surface area contributed by atoms with Gasteiger partial charge >= 0.3 is 0 Å². The van der Waals surface area contributed by atoms with Crippen molar-refractivity contribution in [3.05, 3.63) is 23.2 Å². The fourth-order valence-corrected chi connectivity index (χ4v) is 1.83. The highest BCUT2D eigenvalue weighted by atomic mass is 16.5. The summed E-state index contributed by atoms with van der Waals surface area (Å²) in [6.45, 7) is 9.61. The molecule has 1 amide bonds. The topological polar surface area (TPSA) is 80.7 Å². The van der Waals surface area contributed by atoms with Gasteiger partial charge in [-0.25, -0.2) is 5.84 Å². The van der Waals surface area contributed by atoms with Gasteiger partial charge in [0, 0.05) is 13.2 Å². The third-order valence-corrected chi connectivity index (χ3v) is 2.93. The number of nitrogens with one attached hydrogen (secondary N) is 1. The van der Waals surface area contributed by atoms with Crippen molar-refractivity contribution in [1.82, 2.24) is 10.3 Å². The molecule has 0 saturated heterocycles. The van der Waals surface area contributed by atoms with E-state index in [1.54, 1.807) is 13.0 Å². The van der Waals surface area contributed by atoms with Crippen molar-refractivity contribution in [3.63, 3.8) is 0 Å². The molecule has 3 N–H and O–H groups in total. The van der Waals surface area contributed by atoms with E-state index in [1.165, 1.54) is 0 Å². The number of ether oxygens (including phenoxy) is 1. The van der Waals surface area contributed by atoms with Crippen LogP contribution in [0.25, 0.3) is 0 Å². The van der Waals surface area contributed by atoms with E-state index in [4.69, 9.17) is 15.0 Å². The minimum atomic E-state index is -0.329. The molecule has 0 unspecified atom stereocenters. The lowest BCUT2D eigenvalue weighted by atomic mass is 10.2. The number of carbonyl (C=O) groups is 1. The zero-order valence-corrected chi connectivity index (χ0v) is 11.9. The van der Waals surface area contributed by atoms with Crippen molar-refractivity contribution >= 4 is 5.91 Å². The third-order valence-electron chi connectivity index (χ3n) is 2.93. The summed E-state index contributed by atoms with van der Waals surface area (Å²) in [6.07, 6.45) is 0. The molecule has 1 rings (SSSR count). The Morgan fingerprint density at radius 3 is 2.84 bits per heavy atom. The second-order valence-corrected chi connectivity index (χ2v) is 4.22. The van der Waals surface area contributed by atoms with Gasteiger partial charge in [-0.15, -0.1) is 0 Å². The first-order valence-corrected chi connectivity index (χ1v) is 6.52. The SMILES string of the molecule is CCOCCN(CC)Cc1cc(C(=O)NN)c(C)o1. The van der Waals surface area contributed by atoms with E-state index in [2.05, 4.69) is 17.2 Å². The molecule has 108 valence electrons. The molecule has 0 spiro atoms. The number of nitrogens with two attached hydrogens (primary N) is 1. The lowest BCUT2D eigenvalue weighted by Crippen LogP contribution is -2.30. The van der Waals surface area contributed by atoms with Crippen LogP contribution in [0.3, 0.4) is 0 Å². The lowest BCUT2D eigenvalue weighted by Gasteiger charge is -2.18. The summed E-state index contributed by atoms with van der Waals surface area (Å²) in [4.78, 5) is 13.7. The predicted octanol–water partition coefficient (Wildman–Crippen LogP) is 1.05. The Hall–Kier alpha value is -1.37. The first-order chi connectivity index (χ1) is 9.12. The number of nitrogens with zero attached hydrogens (tertiary/aromatic N) is 1. The molecule has 0 bridgehead atoms. The third kappa shape index (κ3) is 4.66. The average molecular weight is 269 g/mol. The van der Waals surface area contributed by atoms with Crippen LogP contribution in [0.15, 0.2) is 10.5 Å². The first kappa shape index (κ1) is 15.7. The number of hydrogen-bond acceptors (Lipinski definition) is 5. The van der Waals surface area contributed by atoms with Crippen LogP contribution in [0.4, 0.5) is 0 Å². The molecular weight excluding hydrogens is 246 g/mol. The number of likely N-dealkylation sites (N-methyl/N-ethyl adjacent to an activating group) is 1. The number of furan rings is 1. The van der Waals surface area contributed by atoms with Gasteiger partial charge in [-0.05, 0) is 26.5 Å². The number of rotatable bonds is 8. The Morgan fingerprint density at radius 1 is 1.53 bits per heavy atom. The molecule has 0 atom stereocenters. The molecule has 0 aliphatic carbocycles. The quantitative estimate of drug-likeness (QED) is 0.319. The maximum Gasteiger partial charge on any atom is 0.268 e. The lowest BCUT2D eigenvalue weighted by molar-refractivity contribution is 0.0952. The zero-order valence-electron chi connectivity index (χ0n) is 11.9.